The van der Waals surface area contributed by atoms with Crippen LogP contribution in [0.2, 0.25) is 0 Å². The molecule has 1 fully saturated rings. The molecular weight excluding hydrogens is 233 g/mol. The van der Waals surface area contributed by atoms with Crippen molar-refractivity contribution in [2.24, 2.45) is 11.7 Å². The van der Waals surface area contributed by atoms with Crippen LogP contribution in [0.15, 0.2) is 22.7 Å². The van der Waals surface area contributed by atoms with E-state index in [1.807, 2.05) is 0 Å². The molecule has 1 nitrogen and oxygen atoms in total. The van der Waals surface area contributed by atoms with Crippen LogP contribution < -0.4 is 5.73 Å². The maximum atomic E-state index is 12.9. The predicted octanol–water partition coefficient (Wildman–Crippen LogP) is 2.65. The first-order valence-electron chi connectivity index (χ1n) is 4.37. The van der Waals surface area contributed by atoms with Crippen molar-refractivity contribution in [1.82, 2.24) is 0 Å². The van der Waals surface area contributed by atoms with Crippen LogP contribution in [0, 0.1) is 11.7 Å². The highest BCUT2D eigenvalue weighted by Crippen LogP contribution is 2.48. The van der Waals surface area contributed by atoms with Crippen LogP contribution >= 0.6 is 15.9 Å². The van der Waals surface area contributed by atoms with Gasteiger partial charge in [-0.25, -0.2) is 4.39 Å². The summed E-state index contributed by atoms with van der Waals surface area (Å²) in [5.74, 6) is 0.856. The van der Waals surface area contributed by atoms with E-state index < -0.39 is 0 Å². The number of nitrogens with two attached hydrogens (primary N) is 1. The van der Waals surface area contributed by atoms with E-state index in [2.05, 4.69) is 15.9 Å². The molecule has 0 saturated heterocycles. The number of halogens is 2. The SMILES string of the molecule is NC[C@@H]1C[C@H]1c1cc(F)ccc1Br. The van der Waals surface area contributed by atoms with Crippen LogP contribution in [0.5, 0.6) is 0 Å². The minimum Gasteiger partial charge on any atom is -0.330 e. The van der Waals surface area contributed by atoms with E-state index in [-0.39, 0.29) is 5.82 Å². The molecule has 1 aromatic rings. The third-order valence-electron chi connectivity index (χ3n) is 2.58. The Balaban J connectivity index is 2.25. The molecule has 0 unspecified atom stereocenters. The Hall–Kier alpha value is -0.410. The Kier molecular flexibility index (Phi) is 2.39. The van der Waals surface area contributed by atoms with Crippen molar-refractivity contribution in [3.8, 4) is 0 Å². The molecule has 0 bridgehead atoms. The average Bonchev–Trinajstić information content (AvgIpc) is 2.88. The van der Waals surface area contributed by atoms with Gasteiger partial charge < -0.3 is 5.73 Å². The van der Waals surface area contributed by atoms with E-state index in [0.717, 1.165) is 16.5 Å². The minimum absolute atomic E-state index is 0.166. The smallest absolute Gasteiger partial charge is 0.123 e. The van der Waals surface area contributed by atoms with Crippen molar-refractivity contribution in [2.75, 3.05) is 6.54 Å². The lowest BCUT2D eigenvalue weighted by Crippen LogP contribution is -2.02. The normalized spacial score (nSPS) is 26.1. The average molecular weight is 244 g/mol. The van der Waals surface area contributed by atoms with Crippen LogP contribution in [0.3, 0.4) is 0 Å². The number of benzene rings is 1. The molecule has 0 heterocycles. The lowest BCUT2D eigenvalue weighted by molar-refractivity contribution is 0.624. The maximum absolute atomic E-state index is 12.9. The monoisotopic (exact) mass is 243 g/mol. The largest absolute Gasteiger partial charge is 0.330 e. The second-order valence-corrected chi connectivity index (χ2v) is 4.36. The lowest BCUT2D eigenvalue weighted by atomic mass is 10.1. The van der Waals surface area contributed by atoms with Gasteiger partial charge in [-0.05, 0) is 48.6 Å². The number of hydrogen-bond donors (Lipinski definition) is 1. The molecule has 70 valence electrons. The fourth-order valence-corrected chi connectivity index (χ4v) is 2.23. The quantitative estimate of drug-likeness (QED) is 0.850. The summed E-state index contributed by atoms with van der Waals surface area (Å²) < 4.78 is 13.9. The molecule has 0 aromatic heterocycles. The Bertz CT molecular complexity index is 327. The molecule has 0 spiro atoms. The summed E-state index contributed by atoms with van der Waals surface area (Å²) in [6.07, 6.45) is 1.10. The lowest BCUT2D eigenvalue weighted by Gasteiger charge is -2.02. The number of rotatable bonds is 2. The van der Waals surface area contributed by atoms with Crippen LogP contribution in [-0.4, -0.2) is 6.54 Å². The molecule has 2 N–H and O–H groups in total. The van der Waals surface area contributed by atoms with Crippen LogP contribution in [0.1, 0.15) is 17.9 Å². The summed E-state index contributed by atoms with van der Waals surface area (Å²) in [6, 6.07) is 4.83. The van der Waals surface area contributed by atoms with Crippen molar-refractivity contribution >= 4 is 15.9 Å². The summed E-state index contributed by atoms with van der Waals surface area (Å²) in [5, 5.41) is 0. The fraction of sp³-hybridized carbons (Fsp3) is 0.400. The Morgan fingerprint density at radius 2 is 2.31 bits per heavy atom. The molecule has 0 aliphatic heterocycles. The van der Waals surface area contributed by atoms with Gasteiger partial charge in [-0.15, -0.1) is 0 Å². The predicted molar refractivity (Wildman–Crippen MR) is 54.0 cm³/mol. The molecule has 1 aliphatic rings. The van der Waals surface area contributed by atoms with E-state index in [1.165, 1.54) is 6.07 Å². The van der Waals surface area contributed by atoms with E-state index in [4.69, 9.17) is 5.73 Å². The molecular formula is C10H11BrFN. The first kappa shape index (κ1) is 9.16. The highest BCUT2D eigenvalue weighted by Gasteiger charge is 2.38. The van der Waals surface area contributed by atoms with Crippen molar-refractivity contribution in [3.63, 3.8) is 0 Å². The zero-order chi connectivity index (χ0) is 9.42. The third kappa shape index (κ3) is 1.76. The second kappa shape index (κ2) is 3.39. The molecule has 0 radical (unpaired) electrons. The highest BCUT2D eigenvalue weighted by molar-refractivity contribution is 9.10. The molecule has 2 rings (SSSR count). The fourth-order valence-electron chi connectivity index (χ4n) is 1.69. The first-order valence-corrected chi connectivity index (χ1v) is 5.16. The topological polar surface area (TPSA) is 26.0 Å². The minimum atomic E-state index is -0.166. The zero-order valence-electron chi connectivity index (χ0n) is 7.13. The number of hydrogen-bond acceptors (Lipinski definition) is 1. The van der Waals surface area contributed by atoms with Crippen molar-refractivity contribution in [3.05, 3.63) is 34.1 Å². The van der Waals surface area contributed by atoms with Gasteiger partial charge in [-0.1, -0.05) is 15.9 Å². The van der Waals surface area contributed by atoms with Crippen LogP contribution in [0.4, 0.5) is 4.39 Å². The van der Waals surface area contributed by atoms with Crippen molar-refractivity contribution in [2.45, 2.75) is 12.3 Å². The van der Waals surface area contributed by atoms with Gasteiger partial charge in [0, 0.05) is 4.47 Å². The van der Waals surface area contributed by atoms with Crippen LogP contribution in [0.25, 0.3) is 0 Å². The van der Waals surface area contributed by atoms with E-state index >= 15 is 0 Å². The van der Waals surface area contributed by atoms with Gasteiger partial charge in [0.15, 0.2) is 0 Å². The molecule has 2 atom stereocenters. The first-order chi connectivity index (χ1) is 6.22. The zero-order valence-corrected chi connectivity index (χ0v) is 8.72. The summed E-state index contributed by atoms with van der Waals surface area (Å²) in [4.78, 5) is 0. The van der Waals surface area contributed by atoms with Gasteiger partial charge in [0.1, 0.15) is 5.82 Å². The second-order valence-electron chi connectivity index (χ2n) is 3.50. The molecule has 1 saturated carbocycles. The summed E-state index contributed by atoms with van der Waals surface area (Å²) >= 11 is 3.42. The van der Waals surface area contributed by atoms with Crippen LogP contribution in [-0.2, 0) is 0 Å². The third-order valence-corrected chi connectivity index (χ3v) is 3.31. The van der Waals surface area contributed by atoms with Gasteiger partial charge in [-0.2, -0.15) is 0 Å². The Morgan fingerprint density at radius 3 is 2.92 bits per heavy atom. The van der Waals surface area contributed by atoms with Gasteiger partial charge in [0.05, 0.1) is 0 Å². The van der Waals surface area contributed by atoms with E-state index in [0.29, 0.717) is 18.4 Å². The van der Waals surface area contributed by atoms with Gasteiger partial charge in [-0.3, -0.25) is 0 Å². The Labute approximate surface area is 85.3 Å². The van der Waals surface area contributed by atoms with Crippen molar-refractivity contribution in [1.29, 1.82) is 0 Å². The highest BCUT2D eigenvalue weighted by atomic mass is 79.9. The van der Waals surface area contributed by atoms with E-state index in [1.54, 1.807) is 12.1 Å². The standard InChI is InChI=1S/C10H11BrFN/c11-10-2-1-7(12)4-9(10)8-3-6(8)5-13/h1-2,4,6,8H,3,5,13H2/t6-,8+/m0/s1. The van der Waals surface area contributed by atoms with Gasteiger partial charge >= 0.3 is 0 Å². The van der Waals surface area contributed by atoms with Gasteiger partial charge in [0.2, 0.25) is 0 Å². The molecule has 3 heteroatoms. The summed E-state index contributed by atoms with van der Waals surface area (Å²) in [7, 11) is 0. The molecule has 13 heavy (non-hydrogen) atoms. The maximum Gasteiger partial charge on any atom is 0.123 e. The summed E-state index contributed by atoms with van der Waals surface area (Å²) in [5.41, 5.74) is 6.61. The Morgan fingerprint density at radius 1 is 1.54 bits per heavy atom. The van der Waals surface area contributed by atoms with Crippen molar-refractivity contribution < 1.29 is 4.39 Å². The van der Waals surface area contributed by atoms with Gasteiger partial charge in [0.25, 0.3) is 0 Å². The molecule has 1 aliphatic carbocycles. The molecule has 1 aromatic carbocycles. The van der Waals surface area contributed by atoms with E-state index in [9.17, 15) is 4.39 Å². The summed E-state index contributed by atoms with van der Waals surface area (Å²) in [6.45, 7) is 0.702. The molecule has 0 amide bonds.